The zero-order valence-electron chi connectivity index (χ0n) is 8.30. The van der Waals surface area contributed by atoms with Crippen molar-refractivity contribution in [3.63, 3.8) is 0 Å². The molecule has 0 unspecified atom stereocenters. The second-order valence-corrected chi connectivity index (χ2v) is 3.97. The molecule has 0 heterocycles. The van der Waals surface area contributed by atoms with Gasteiger partial charge in [0.2, 0.25) is 0 Å². The van der Waals surface area contributed by atoms with Crippen LogP contribution < -0.4 is 0 Å². The first-order valence-corrected chi connectivity index (χ1v) is 4.47. The Labute approximate surface area is 82.4 Å². The molecule has 1 rings (SSSR count). The first kappa shape index (κ1) is 11.1. The average Bonchev–Trinajstić information content (AvgIpc) is 2.18. The van der Waals surface area contributed by atoms with Crippen molar-refractivity contribution < 1.29 is 13.9 Å². The van der Waals surface area contributed by atoms with E-state index in [0.29, 0.717) is 0 Å². The summed E-state index contributed by atoms with van der Waals surface area (Å²) >= 11 is 0. The lowest BCUT2D eigenvalue weighted by Gasteiger charge is -2.22. The summed E-state index contributed by atoms with van der Waals surface area (Å²) < 4.78 is 24.8. The summed E-state index contributed by atoms with van der Waals surface area (Å²) in [5, 5.41) is 9.09. The fourth-order valence-electron chi connectivity index (χ4n) is 1.19. The zero-order chi connectivity index (χ0) is 10.8. The number of aliphatic hydroxyl groups is 1. The van der Waals surface area contributed by atoms with E-state index in [2.05, 4.69) is 0 Å². The van der Waals surface area contributed by atoms with Crippen LogP contribution in [0.15, 0.2) is 24.3 Å². The van der Waals surface area contributed by atoms with E-state index in [1.807, 2.05) is 13.8 Å². The minimum atomic E-state index is -2.45. The van der Waals surface area contributed by atoms with Crippen LogP contribution in [0.1, 0.15) is 31.4 Å². The van der Waals surface area contributed by atoms with Gasteiger partial charge in [0.25, 0.3) is 6.43 Å². The summed E-state index contributed by atoms with van der Waals surface area (Å²) in [6, 6.07) is 6.18. The molecule has 1 aromatic rings. The summed E-state index contributed by atoms with van der Waals surface area (Å²) in [6.07, 6.45) is -2.45. The fraction of sp³-hybridized carbons (Fsp3) is 0.455. The summed E-state index contributed by atoms with van der Waals surface area (Å²) in [5.74, 6) is 0. The Morgan fingerprint density at radius 2 is 2.00 bits per heavy atom. The maximum atomic E-state index is 12.4. The van der Waals surface area contributed by atoms with E-state index in [9.17, 15) is 8.78 Å². The second-order valence-electron chi connectivity index (χ2n) is 3.97. The highest BCUT2D eigenvalue weighted by Gasteiger charge is 2.20. The van der Waals surface area contributed by atoms with Crippen molar-refractivity contribution in [1.82, 2.24) is 0 Å². The van der Waals surface area contributed by atoms with Gasteiger partial charge >= 0.3 is 0 Å². The molecule has 0 fully saturated rings. The molecule has 0 saturated carbocycles. The molecule has 0 aromatic heterocycles. The minimum Gasteiger partial charge on any atom is -0.395 e. The molecule has 0 aliphatic heterocycles. The molecule has 78 valence electrons. The molecule has 14 heavy (non-hydrogen) atoms. The molecular weight excluding hydrogens is 186 g/mol. The summed E-state index contributed by atoms with van der Waals surface area (Å²) in [4.78, 5) is 0. The molecule has 0 aliphatic carbocycles. The SMILES string of the molecule is CC(C)(CO)c1cccc(C(F)F)c1. The minimum absolute atomic E-state index is 0.00373. The van der Waals surface area contributed by atoms with Gasteiger partial charge in [-0.05, 0) is 11.6 Å². The lowest BCUT2D eigenvalue weighted by atomic mass is 9.85. The largest absolute Gasteiger partial charge is 0.395 e. The van der Waals surface area contributed by atoms with Crippen molar-refractivity contribution in [2.75, 3.05) is 6.61 Å². The number of aliphatic hydroxyl groups excluding tert-OH is 1. The normalized spacial score (nSPS) is 12.1. The summed E-state index contributed by atoms with van der Waals surface area (Å²) in [6.45, 7) is 3.58. The molecule has 0 radical (unpaired) electrons. The van der Waals surface area contributed by atoms with E-state index in [1.54, 1.807) is 12.1 Å². The van der Waals surface area contributed by atoms with Gasteiger partial charge in [0.1, 0.15) is 0 Å². The number of benzene rings is 1. The third-order valence-electron chi connectivity index (χ3n) is 2.32. The highest BCUT2D eigenvalue weighted by Crippen LogP contribution is 2.26. The lowest BCUT2D eigenvalue weighted by molar-refractivity contribution is 0.151. The zero-order valence-corrected chi connectivity index (χ0v) is 8.30. The standard InChI is InChI=1S/C11H14F2O/c1-11(2,7-14)9-5-3-4-8(6-9)10(12)13/h3-6,10,14H,7H2,1-2H3. The quantitative estimate of drug-likeness (QED) is 0.795. The van der Waals surface area contributed by atoms with E-state index < -0.39 is 11.8 Å². The summed E-state index contributed by atoms with van der Waals surface area (Å²) in [5.41, 5.74) is 0.270. The van der Waals surface area contributed by atoms with Gasteiger partial charge in [-0.3, -0.25) is 0 Å². The van der Waals surface area contributed by atoms with Crippen molar-refractivity contribution in [1.29, 1.82) is 0 Å². The number of hydrogen-bond acceptors (Lipinski definition) is 1. The topological polar surface area (TPSA) is 20.2 Å². The highest BCUT2D eigenvalue weighted by molar-refractivity contribution is 5.29. The van der Waals surface area contributed by atoms with Crippen molar-refractivity contribution in [3.8, 4) is 0 Å². The molecule has 0 spiro atoms. The Hall–Kier alpha value is -0.960. The van der Waals surface area contributed by atoms with Crippen LogP contribution in [0.5, 0.6) is 0 Å². The van der Waals surface area contributed by atoms with Crippen molar-refractivity contribution >= 4 is 0 Å². The van der Waals surface area contributed by atoms with Gasteiger partial charge in [0.05, 0.1) is 6.61 Å². The van der Waals surface area contributed by atoms with Crippen LogP contribution in [0.4, 0.5) is 8.78 Å². The average molecular weight is 200 g/mol. The van der Waals surface area contributed by atoms with E-state index in [-0.39, 0.29) is 12.2 Å². The molecule has 0 saturated heterocycles. The molecule has 3 heteroatoms. The third-order valence-corrected chi connectivity index (χ3v) is 2.32. The molecule has 1 nitrogen and oxygen atoms in total. The molecule has 0 aliphatic rings. The lowest BCUT2D eigenvalue weighted by Crippen LogP contribution is -2.22. The van der Waals surface area contributed by atoms with Gasteiger partial charge in [-0.25, -0.2) is 8.78 Å². The van der Waals surface area contributed by atoms with Gasteiger partial charge in [-0.15, -0.1) is 0 Å². The summed E-state index contributed by atoms with van der Waals surface area (Å²) in [7, 11) is 0. The van der Waals surface area contributed by atoms with E-state index in [1.165, 1.54) is 12.1 Å². The molecular formula is C11H14F2O. The van der Waals surface area contributed by atoms with Gasteiger partial charge in [-0.1, -0.05) is 32.0 Å². The first-order chi connectivity index (χ1) is 6.47. The predicted octanol–water partition coefficient (Wildman–Crippen LogP) is 2.89. The van der Waals surface area contributed by atoms with E-state index >= 15 is 0 Å². The highest BCUT2D eigenvalue weighted by atomic mass is 19.3. The molecule has 1 N–H and O–H groups in total. The van der Waals surface area contributed by atoms with E-state index in [4.69, 9.17) is 5.11 Å². The van der Waals surface area contributed by atoms with Gasteiger partial charge < -0.3 is 5.11 Å². The predicted molar refractivity (Wildman–Crippen MR) is 51.5 cm³/mol. The van der Waals surface area contributed by atoms with Crippen LogP contribution in [-0.4, -0.2) is 11.7 Å². The smallest absolute Gasteiger partial charge is 0.263 e. The fourth-order valence-corrected chi connectivity index (χ4v) is 1.19. The number of hydrogen-bond donors (Lipinski definition) is 1. The van der Waals surface area contributed by atoms with Crippen molar-refractivity contribution in [3.05, 3.63) is 35.4 Å². The Balaban J connectivity index is 3.05. The Kier molecular flexibility index (Phi) is 3.21. The molecule has 0 amide bonds. The van der Waals surface area contributed by atoms with Gasteiger partial charge in [-0.2, -0.15) is 0 Å². The van der Waals surface area contributed by atoms with Crippen LogP contribution in [-0.2, 0) is 5.41 Å². The molecule has 0 bridgehead atoms. The number of rotatable bonds is 3. The number of alkyl halides is 2. The Morgan fingerprint density at radius 1 is 1.36 bits per heavy atom. The van der Waals surface area contributed by atoms with Crippen molar-refractivity contribution in [2.45, 2.75) is 25.7 Å². The van der Waals surface area contributed by atoms with Crippen LogP contribution in [0, 0.1) is 0 Å². The Morgan fingerprint density at radius 3 is 2.50 bits per heavy atom. The molecule has 0 atom stereocenters. The van der Waals surface area contributed by atoms with Crippen LogP contribution >= 0.6 is 0 Å². The maximum absolute atomic E-state index is 12.4. The maximum Gasteiger partial charge on any atom is 0.263 e. The monoisotopic (exact) mass is 200 g/mol. The third kappa shape index (κ3) is 2.29. The first-order valence-electron chi connectivity index (χ1n) is 4.47. The van der Waals surface area contributed by atoms with E-state index in [0.717, 1.165) is 5.56 Å². The van der Waals surface area contributed by atoms with Crippen LogP contribution in [0.2, 0.25) is 0 Å². The van der Waals surface area contributed by atoms with Gasteiger partial charge in [0.15, 0.2) is 0 Å². The van der Waals surface area contributed by atoms with Crippen LogP contribution in [0.25, 0.3) is 0 Å². The molecule has 1 aromatic carbocycles. The van der Waals surface area contributed by atoms with Gasteiger partial charge in [0, 0.05) is 11.0 Å². The Bertz CT molecular complexity index is 308. The second kappa shape index (κ2) is 4.05. The number of halogens is 2. The van der Waals surface area contributed by atoms with Crippen molar-refractivity contribution in [2.24, 2.45) is 0 Å². The van der Waals surface area contributed by atoms with Crippen LogP contribution in [0.3, 0.4) is 0 Å².